The average Bonchev–Trinajstić information content (AvgIpc) is 2.57. The molecule has 5 heteroatoms. The second kappa shape index (κ2) is 6.70. The summed E-state index contributed by atoms with van der Waals surface area (Å²) >= 11 is 0. The summed E-state index contributed by atoms with van der Waals surface area (Å²) in [4.78, 5) is 13.9. The molecule has 1 rings (SSSR count). The van der Waals surface area contributed by atoms with E-state index in [4.69, 9.17) is 5.11 Å². The zero-order chi connectivity index (χ0) is 14.6. The number of amides is 1. The lowest BCUT2D eigenvalue weighted by molar-refractivity contribution is -0.133. The van der Waals surface area contributed by atoms with Gasteiger partial charge in [-0.2, -0.15) is 5.10 Å². The lowest BCUT2D eigenvalue weighted by Gasteiger charge is -2.26. The number of carbonyl (C=O) groups is 1. The van der Waals surface area contributed by atoms with Crippen LogP contribution in [0.2, 0.25) is 0 Å². The number of aryl methyl sites for hydroxylation is 2. The molecule has 1 aromatic heterocycles. The van der Waals surface area contributed by atoms with Crippen LogP contribution < -0.4 is 0 Å². The van der Waals surface area contributed by atoms with Crippen LogP contribution in [0.25, 0.3) is 0 Å². The molecule has 1 amide bonds. The van der Waals surface area contributed by atoms with Gasteiger partial charge in [-0.15, -0.1) is 0 Å². The molecule has 0 saturated carbocycles. The molecule has 0 aromatic carbocycles. The van der Waals surface area contributed by atoms with Crippen LogP contribution in [0.3, 0.4) is 0 Å². The molecule has 5 nitrogen and oxygen atoms in total. The van der Waals surface area contributed by atoms with Crippen LogP contribution in [0.1, 0.15) is 37.2 Å². The van der Waals surface area contributed by atoms with Gasteiger partial charge >= 0.3 is 0 Å². The summed E-state index contributed by atoms with van der Waals surface area (Å²) in [5.41, 5.74) is 3.26. The second-order valence-corrected chi connectivity index (χ2v) is 5.18. The van der Waals surface area contributed by atoms with Crippen LogP contribution in [-0.4, -0.2) is 44.9 Å². The van der Waals surface area contributed by atoms with Gasteiger partial charge in [-0.05, 0) is 39.7 Å². The second-order valence-electron chi connectivity index (χ2n) is 5.18. The first-order valence-corrected chi connectivity index (χ1v) is 6.77. The molecule has 0 spiro atoms. The Balaban J connectivity index is 2.67. The zero-order valence-corrected chi connectivity index (χ0v) is 12.6. The van der Waals surface area contributed by atoms with Crippen molar-refractivity contribution in [3.8, 4) is 0 Å². The predicted octanol–water partition coefficient (Wildman–Crippen LogP) is 1.20. The summed E-state index contributed by atoms with van der Waals surface area (Å²) in [7, 11) is 1.92. The average molecular weight is 267 g/mol. The van der Waals surface area contributed by atoms with Crippen molar-refractivity contribution in [1.29, 1.82) is 0 Å². The molecule has 0 unspecified atom stereocenters. The summed E-state index contributed by atoms with van der Waals surface area (Å²) in [5, 5.41) is 13.4. The molecule has 1 N–H and O–H groups in total. The fraction of sp³-hybridized carbons (Fsp3) is 0.714. The highest BCUT2D eigenvalue weighted by atomic mass is 16.3. The molecule has 0 aliphatic heterocycles. The Morgan fingerprint density at radius 2 is 2.05 bits per heavy atom. The minimum atomic E-state index is 0.00880. The molecule has 19 heavy (non-hydrogen) atoms. The van der Waals surface area contributed by atoms with Gasteiger partial charge in [-0.1, -0.05) is 0 Å². The van der Waals surface area contributed by atoms with Crippen LogP contribution in [-0.2, 0) is 18.3 Å². The number of aliphatic hydroxyl groups is 1. The van der Waals surface area contributed by atoms with Crippen molar-refractivity contribution in [3.05, 3.63) is 17.0 Å². The van der Waals surface area contributed by atoms with Gasteiger partial charge in [0.2, 0.25) is 5.91 Å². The topological polar surface area (TPSA) is 58.4 Å². The van der Waals surface area contributed by atoms with Gasteiger partial charge in [0, 0.05) is 31.7 Å². The van der Waals surface area contributed by atoms with Crippen molar-refractivity contribution in [1.82, 2.24) is 14.7 Å². The van der Waals surface area contributed by atoms with Gasteiger partial charge in [-0.3, -0.25) is 9.48 Å². The van der Waals surface area contributed by atoms with Gasteiger partial charge in [0.15, 0.2) is 0 Å². The Kier molecular flexibility index (Phi) is 5.54. The number of aliphatic hydroxyl groups excluding tert-OH is 1. The van der Waals surface area contributed by atoms with E-state index in [0.29, 0.717) is 19.4 Å². The van der Waals surface area contributed by atoms with Crippen LogP contribution in [0.15, 0.2) is 0 Å². The maximum atomic E-state index is 12.2. The van der Waals surface area contributed by atoms with E-state index < -0.39 is 0 Å². The summed E-state index contributed by atoms with van der Waals surface area (Å²) in [6, 6.07) is 0.121. The molecule has 0 aliphatic carbocycles. The molecule has 0 bridgehead atoms. The van der Waals surface area contributed by atoms with Gasteiger partial charge in [0.1, 0.15) is 0 Å². The number of carbonyl (C=O) groups excluding carboxylic acids is 1. The Morgan fingerprint density at radius 3 is 2.47 bits per heavy atom. The minimum absolute atomic E-state index is 0.00880. The molecule has 0 fully saturated rings. The van der Waals surface area contributed by atoms with Crippen molar-refractivity contribution < 1.29 is 9.90 Å². The monoisotopic (exact) mass is 267 g/mol. The standard InChI is InChI=1S/C14H25N3O2/c1-10(2)17(8-9-18)14(19)7-6-13-11(3)15-16(5)12(13)4/h10,18H,6-9H2,1-5H3. The van der Waals surface area contributed by atoms with Crippen LogP contribution in [0.5, 0.6) is 0 Å². The van der Waals surface area contributed by atoms with Gasteiger partial charge in [0.05, 0.1) is 12.3 Å². The van der Waals surface area contributed by atoms with Crippen molar-refractivity contribution in [2.24, 2.45) is 7.05 Å². The van der Waals surface area contributed by atoms with E-state index >= 15 is 0 Å². The zero-order valence-electron chi connectivity index (χ0n) is 12.6. The summed E-state index contributed by atoms with van der Waals surface area (Å²) in [6.45, 7) is 8.34. The highest BCUT2D eigenvalue weighted by Crippen LogP contribution is 2.15. The number of nitrogens with zero attached hydrogens (tertiary/aromatic N) is 3. The van der Waals surface area contributed by atoms with E-state index in [1.165, 1.54) is 0 Å². The summed E-state index contributed by atoms with van der Waals surface area (Å²) in [6.07, 6.45) is 1.17. The Hall–Kier alpha value is -1.36. The largest absolute Gasteiger partial charge is 0.395 e. The molecule has 1 heterocycles. The molecule has 0 saturated heterocycles. The molecular formula is C14H25N3O2. The van der Waals surface area contributed by atoms with Crippen molar-refractivity contribution in [2.75, 3.05) is 13.2 Å². The molecule has 0 aliphatic rings. The molecule has 0 radical (unpaired) electrons. The normalized spacial score (nSPS) is 11.1. The first kappa shape index (κ1) is 15.7. The molecule has 108 valence electrons. The van der Waals surface area contributed by atoms with Crippen molar-refractivity contribution in [2.45, 2.75) is 46.6 Å². The van der Waals surface area contributed by atoms with Gasteiger partial charge < -0.3 is 10.0 Å². The van der Waals surface area contributed by atoms with E-state index in [1.807, 2.05) is 39.4 Å². The van der Waals surface area contributed by atoms with Crippen molar-refractivity contribution >= 4 is 5.91 Å². The number of aromatic nitrogens is 2. The third-order valence-electron chi connectivity index (χ3n) is 3.53. The van der Waals surface area contributed by atoms with E-state index in [-0.39, 0.29) is 18.6 Å². The molecule has 1 aromatic rings. The van der Waals surface area contributed by atoms with Gasteiger partial charge in [0.25, 0.3) is 0 Å². The Labute approximate surface area is 115 Å². The van der Waals surface area contributed by atoms with E-state index in [9.17, 15) is 4.79 Å². The number of hydrogen-bond acceptors (Lipinski definition) is 3. The maximum absolute atomic E-state index is 12.2. The van der Waals surface area contributed by atoms with Crippen molar-refractivity contribution in [3.63, 3.8) is 0 Å². The molecular weight excluding hydrogens is 242 g/mol. The predicted molar refractivity (Wildman–Crippen MR) is 74.9 cm³/mol. The lowest BCUT2D eigenvalue weighted by atomic mass is 10.1. The quantitative estimate of drug-likeness (QED) is 0.842. The van der Waals surface area contributed by atoms with Crippen LogP contribution in [0, 0.1) is 13.8 Å². The highest BCUT2D eigenvalue weighted by Gasteiger charge is 2.18. The summed E-state index contributed by atoms with van der Waals surface area (Å²) in [5.74, 6) is 0.0895. The summed E-state index contributed by atoms with van der Waals surface area (Å²) < 4.78 is 1.85. The fourth-order valence-electron chi connectivity index (χ4n) is 2.33. The van der Waals surface area contributed by atoms with E-state index in [0.717, 1.165) is 17.0 Å². The first-order valence-electron chi connectivity index (χ1n) is 6.77. The number of hydrogen-bond donors (Lipinski definition) is 1. The van der Waals surface area contributed by atoms with Gasteiger partial charge in [-0.25, -0.2) is 0 Å². The maximum Gasteiger partial charge on any atom is 0.223 e. The minimum Gasteiger partial charge on any atom is -0.395 e. The Bertz CT molecular complexity index is 438. The smallest absolute Gasteiger partial charge is 0.223 e. The lowest BCUT2D eigenvalue weighted by Crippen LogP contribution is -2.39. The molecule has 0 atom stereocenters. The SMILES string of the molecule is Cc1nn(C)c(C)c1CCC(=O)N(CCO)C(C)C. The van der Waals surface area contributed by atoms with Crippen LogP contribution >= 0.6 is 0 Å². The van der Waals surface area contributed by atoms with E-state index in [1.54, 1.807) is 4.90 Å². The number of rotatable bonds is 6. The fourth-order valence-corrected chi connectivity index (χ4v) is 2.33. The Morgan fingerprint density at radius 1 is 1.42 bits per heavy atom. The third-order valence-corrected chi connectivity index (χ3v) is 3.53. The third kappa shape index (κ3) is 3.80. The van der Waals surface area contributed by atoms with Crippen LogP contribution in [0.4, 0.5) is 0 Å². The van der Waals surface area contributed by atoms with E-state index in [2.05, 4.69) is 5.10 Å². The highest BCUT2D eigenvalue weighted by molar-refractivity contribution is 5.76. The first-order chi connectivity index (χ1) is 8.88.